The third-order valence-electron chi connectivity index (χ3n) is 4.91. The van der Waals surface area contributed by atoms with Crippen molar-refractivity contribution < 1.29 is 4.79 Å². The second kappa shape index (κ2) is 8.13. The quantitative estimate of drug-likeness (QED) is 0.667. The predicted octanol–water partition coefficient (Wildman–Crippen LogP) is 4.09. The maximum absolute atomic E-state index is 12.7. The molecule has 27 heavy (non-hydrogen) atoms. The van der Waals surface area contributed by atoms with Gasteiger partial charge in [0.05, 0.1) is 17.8 Å². The Morgan fingerprint density at radius 2 is 2.00 bits per heavy atom. The highest BCUT2D eigenvalue weighted by Gasteiger charge is 2.17. The normalized spacial score (nSPS) is 12.3. The number of carbonyl (C=O) groups is 1. The van der Waals surface area contributed by atoms with Crippen molar-refractivity contribution in [3.8, 4) is 0 Å². The summed E-state index contributed by atoms with van der Waals surface area (Å²) in [4.78, 5) is 14.0. The number of thiophene rings is 1. The van der Waals surface area contributed by atoms with Crippen LogP contribution in [0.4, 0.5) is 0 Å². The van der Waals surface area contributed by atoms with Gasteiger partial charge in [-0.2, -0.15) is 5.10 Å². The molecule has 1 N–H and O–H groups in total. The molecule has 3 aromatic rings. The Morgan fingerprint density at radius 1 is 1.22 bits per heavy atom. The highest BCUT2D eigenvalue weighted by atomic mass is 32.1. The Labute approximate surface area is 165 Å². The third kappa shape index (κ3) is 4.50. The van der Waals surface area contributed by atoms with Crippen molar-refractivity contribution in [1.29, 1.82) is 0 Å². The van der Waals surface area contributed by atoms with E-state index in [-0.39, 0.29) is 5.91 Å². The number of carbonyl (C=O) groups excluding carboxylic acids is 1. The van der Waals surface area contributed by atoms with E-state index in [9.17, 15) is 4.79 Å². The first kappa shape index (κ1) is 19.4. The molecule has 0 saturated heterocycles. The first-order chi connectivity index (χ1) is 12.8. The molecule has 0 spiro atoms. The van der Waals surface area contributed by atoms with Crippen molar-refractivity contribution in [2.45, 2.75) is 47.7 Å². The molecule has 0 aliphatic rings. The average molecular weight is 385 g/mol. The van der Waals surface area contributed by atoms with E-state index in [0.717, 1.165) is 41.4 Å². The summed E-state index contributed by atoms with van der Waals surface area (Å²) in [6.45, 7) is 12.5. The van der Waals surface area contributed by atoms with Crippen LogP contribution in [-0.2, 0) is 13.1 Å². The number of aryl methyl sites for hydroxylation is 3. The molecule has 0 aliphatic carbocycles. The Bertz CT molecular complexity index is 921. The molecule has 0 aromatic carbocycles. The molecule has 144 valence electrons. The van der Waals surface area contributed by atoms with E-state index in [4.69, 9.17) is 0 Å². The lowest BCUT2D eigenvalue weighted by Crippen LogP contribution is -2.30. The average Bonchev–Trinajstić information content (AvgIpc) is 3.30. The summed E-state index contributed by atoms with van der Waals surface area (Å²) in [5.41, 5.74) is 5.08. The Balaban J connectivity index is 1.61. The Morgan fingerprint density at radius 3 is 2.63 bits per heavy atom. The molecular formula is C21H28N4OS. The summed E-state index contributed by atoms with van der Waals surface area (Å²) >= 11 is 1.74. The maximum Gasteiger partial charge on any atom is 0.253 e. The minimum atomic E-state index is 0.000692. The topological polar surface area (TPSA) is 51.9 Å². The van der Waals surface area contributed by atoms with Crippen LogP contribution in [0.15, 0.2) is 29.6 Å². The standard InChI is InChI=1S/C21H28N4OS/c1-14(12-25-17(4)9-15(2)23-25)11-22-21(26)20-10-16(3)24(18(20)5)13-19-7-6-8-27-19/h6-10,14H,11-13H2,1-5H3,(H,22,26). The van der Waals surface area contributed by atoms with Gasteiger partial charge in [0.25, 0.3) is 5.91 Å². The number of aromatic nitrogens is 3. The molecule has 0 aliphatic heterocycles. The van der Waals surface area contributed by atoms with Gasteiger partial charge in [-0.3, -0.25) is 9.48 Å². The monoisotopic (exact) mass is 384 g/mol. The number of hydrogen-bond acceptors (Lipinski definition) is 3. The molecule has 3 heterocycles. The molecule has 0 radical (unpaired) electrons. The molecule has 6 heteroatoms. The Hall–Kier alpha value is -2.34. The fourth-order valence-electron chi connectivity index (χ4n) is 3.41. The minimum Gasteiger partial charge on any atom is -0.352 e. The SMILES string of the molecule is Cc1cc(C)n(CC(C)CNC(=O)c2cc(C)n(Cc3cccs3)c2C)n1. The fraction of sp³-hybridized carbons (Fsp3) is 0.429. The molecule has 1 atom stereocenters. The zero-order valence-electron chi connectivity index (χ0n) is 16.7. The van der Waals surface area contributed by atoms with Crippen molar-refractivity contribution in [3.63, 3.8) is 0 Å². The summed E-state index contributed by atoms with van der Waals surface area (Å²) in [5.74, 6) is 0.308. The van der Waals surface area contributed by atoms with Crippen molar-refractivity contribution in [2.75, 3.05) is 6.54 Å². The molecule has 3 rings (SSSR count). The van der Waals surface area contributed by atoms with Gasteiger partial charge in [0, 0.05) is 35.0 Å². The van der Waals surface area contributed by atoms with Gasteiger partial charge in [0.15, 0.2) is 0 Å². The second-order valence-corrected chi connectivity index (χ2v) is 8.41. The minimum absolute atomic E-state index is 0.000692. The lowest BCUT2D eigenvalue weighted by Gasteiger charge is -2.14. The van der Waals surface area contributed by atoms with Crippen LogP contribution in [0, 0.1) is 33.6 Å². The summed E-state index contributed by atoms with van der Waals surface area (Å²) < 4.78 is 4.22. The number of nitrogens with one attached hydrogen (secondary N) is 1. The van der Waals surface area contributed by atoms with Crippen LogP contribution in [0.5, 0.6) is 0 Å². The van der Waals surface area contributed by atoms with Crippen LogP contribution in [0.2, 0.25) is 0 Å². The highest BCUT2D eigenvalue weighted by molar-refractivity contribution is 7.09. The van der Waals surface area contributed by atoms with Gasteiger partial charge < -0.3 is 9.88 Å². The lowest BCUT2D eigenvalue weighted by molar-refractivity contribution is 0.0946. The zero-order valence-corrected chi connectivity index (χ0v) is 17.6. The van der Waals surface area contributed by atoms with E-state index in [2.05, 4.69) is 59.3 Å². The number of amides is 1. The van der Waals surface area contributed by atoms with E-state index < -0.39 is 0 Å². The molecular weight excluding hydrogens is 356 g/mol. The molecule has 1 amide bonds. The largest absolute Gasteiger partial charge is 0.352 e. The second-order valence-electron chi connectivity index (χ2n) is 7.37. The van der Waals surface area contributed by atoms with Gasteiger partial charge in [0.2, 0.25) is 0 Å². The van der Waals surface area contributed by atoms with Gasteiger partial charge in [-0.25, -0.2) is 0 Å². The van der Waals surface area contributed by atoms with Crippen LogP contribution in [-0.4, -0.2) is 26.8 Å². The molecule has 0 fully saturated rings. The highest BCUT2D eigenvalue weighted by Crippen LogP contribution is 2.19. The zero-order chi connectivity index (χ0) is 19.6. The number of nitrogens with zero attached hydrogens (tertiary/aromatic N) is 3. The van der Waals surface area contributed by atoms with Crippen molar-refractivity contribution >= 4 is 17.2 Å². The van der Waals surface area contributed by atoms with E-state index in [1.807, 2.05) is 24.6 Å². The van der Waals surface area contributed by atoms with E-state index in [1.54, 1.807) is 11.3 Å². The van der Waals surface area contributed by atoms with Crippen LogP contribution in [0.3, 0.4) is 0 Å². The summed E-state index contributed by atoms with van der Waals surface area (Å²) in [6.07, 6.45) is 0. The first-order valence-electron chi connectivity index (χ1n) is 9.33. The van der Waals surface area contributed by atoms with E-state index in [0.29, 0.717) is 12.5 Å². The molecule has 5 nitrogen and oxygen atoms in total. The van der Waals surface area contributed by atoms with Gasteiger partial charge in [0.1, 0.15) is 0 Å². The molecule has 1 unspecified atom stereocenters. The third-order valence-corrected chi connectivity index (χ3v) is 5.77. The van der Waals surface area contributed by atoms with Crippen LogP contribution >= 0.6 is 11.3 Å². The van der Waals surface area contributed by atoms with E-state index >= 15 is 0 Å². The van der Waals surface area contributed by atoms with Crippen molar-refractivity contribution in [3.05, 3.63) is 62.9 Å². The van der Waals surface area contributed by atoms with Gasteiger partial charge in [-0.05, 0) is 57.2 Å². The molecule has 3 aromatic heterocycles. The van der Waals surface area contributed by atoms with Crippen molar-refractivity contribution in [2.24, 2.45) is 5.92 Å². The van der Waals surface area contributed by atoms with Gasteiger partial charge in [-0.15, -0.1) is 11.3 Å². The first-order valence-corrected chi connectivity index (χ1v) is 10.2. The summed E-state index contributed by atoms with van der Waals surface area (Å²) in [5, 5.41) is 9.68. The summed E-state index contributed by atoms with van der Waals surface area (Å²) in [6, 6.07) is 8.26. The number of hydrogen-bond donors (Lipinski definition) is 1. The van der Waals surface area contributed by atoms with Gasteiger partial charge in [-0.1, -0.05) is 13.0 Å². The molecule has 0 bridgehead atoms. The Kier molecular flexibility index (Phi) is 5.85. The van der Waals surface area contributed by atoms with E-state index in [1.165, 1.54) is 4.88 Å². The van der Waals surface area contributed by atoms with Gasteiger partial charge >= 0.3 is 0 Å². The fourth-order valence-corrected chi connectivity index (χ4v) is 4.11. The van der Waals surface area contributed by atoms with Crippen LogP contribution < -0.4 is 5.32 Å². The van der Waals surface area contributed by atoms with Crippen LogP contribution in [0.1, 0.15) is 44.9 Å². The van der Waals surface area contributed by atoms with Crippen LogP contribution in [0.25, 0.3) is 0 Å². The summed E-state index contributed by atoms with van der Waals surface area (Å²) in [7, 11) is 0. The maximum atomic E-state index is 12.7. The molecule has 0 saturated carbocycles. The predicted molar refractivity (Wildman–Crippen MR) is 111 cm³/mol. The number of rotatable bonds is 7. The lowest BCUT2D eigenvalue weighted by atomic mass is 10.1. The smallest absolute Gasteiger partial charge is 0.253 e. The van der Waals surface area contributed by atoms with Crippen molar-refractivity contribution in [1.82, 2.24) is 19.7 Å².